The summed E-state index contributed by atoms with van der Waals surface area (Å²) < 4.78 is 12.3. The molecule has 0 atom stereocenters. The Labute approximate surface area is 194 Å². The van der Waals surface area contributed by atoms with Crippen LogP contribution in [-0.4, -0.2) is 25.9 Å². The van der Waals surface area contributed by atoms with E-state index in [-0.39, 0.29) is 18.5 Å². The first-order valence-electron chi connectivity index (χ1n) is 10.5. The van der Waals surface area contributed by atoms with Gasteiger partial charge in [0.15, 0.2) is 0 Å². The van der Waals surface area contributed by atoms with Crippen LogP contribution in [-0.2, 0) is 6.54 Å². The van der Waals surface area contributed by atoms with Gasteiger partial charge in [-0.2, -0.15) is 4.68 Å². The maximum absolute atomic E-state index is 12.4. The van der Waals surface area contributed by atoms with Gasteiger partial charge in [0.05, 0.1) is 28.7 Å². The Bertz CT molecular complexity index is 1450. The number of hydrogen-bond acceptors (Lipinski definition) is 5. The van der Waals surface area contributed by atoms with E-state index in [1.54, 1.807) is 18.2 Å². The average molecular weight is 461 g/mol. The van der Waals surface area contributed by atoms with Crippen molar-refractivity contribution in [3.63, 3.8) is 0 Å². The second-order valence-corrected chi connectivity index (χ2v) is 8.35. The molecule has 166 valence electrons. The lowest BCUT2D eigenvalue weighted by Crippen LogP contribution is -2.16. The number of fused-ring (bicyclic) bond motifs is 1. The standard InChI is InChI=1S/C25H21ClN4O3/c1-15(2)32-22-12-11-18(13-19(22)26)24-29-30(25(31)33-24)14-16-7-9-17(10-8-16)23-27-20-5-3-4-6-21(20)28-23/h3-13,15H,14H2,1-2H3,(H,27,28). The molecule has 0 saturated heterocycles. The van der Waals surface area contributed by atoms with Crippen molar-refractivity contribution in [1.29, 1.82) is 0 Å². The lowest BCUT2D eigenvalue weighted by Gasteiger charge is -2.11. The molecule has 0 unspecified atom stereocenters. The molecular formula is C25H21ClN4O3. The van der Waals surface area contributed by atoms with Gasteiger partial charge in [0.2, 0.25) is 5.89 Å². The Morgan fingerprint density at radius 1 is 1.06 bits per heavy atom. The Morgan fingerprint density at radius 2 is 1.82 bits per heavy atom. The number of H-pyrrole nitrogens is 1. The molecule has 8 heteroatoms. The van der Waals surface area contributed by atoms with Crippen molar-refractivity contribution in [1.82, 2.24) is 19.7 Å². The zero-order valence-electron chi connectivity index (χ0n) is 18.1. The van der Waals surface area contributed by atoms with Gasteiger partial charge in [0.25, 0.3) is 0 Å². The molecule has 0 radical (unpaired) electrons. The molecular weight excluding hydrogens is 440 g/mol. The number of nitrogens with zero attached hydrogens (tertiary/aromatic N) is 3. The summed E-state index contributed by atoms with van der Waals surface area (Å²) in [7, 11) is 0. The van der Waals surface area contributed by atoms with Crippen molar-refractivity contribution in [2.24, 2.45) is 0 Å². The van der Waals surface area contributed by atoms with Crippen LogP contribution in [0.25, 0.3) is 33.9 Å². The fourth-order valence-electron chi connectivity index (χ4n) is 3.54. The van der Waals surface area contributed by atoms with E-state index in [1.807, 2.05) is 62.4 Å². The molecule has 2 heterocycles. The lowest BCUT2D eigenvalue weighted by molar-refractivity contribution is 0.242. The highest BCUT2D eigenvalue weighted by molar-refractivity contribution is 6.32. The van der Waals surface area contributed by atoms with E-state index in [4.69, 9.17) is 20.8 Å². The molecule has 1 N–H and O–H groups in total. The van der Waals surface area contributed by atoms with Crippen molar-refractivity contribution in [3.05, 3.63) is 87.9 Å². The Kier molecular flexibility index (Phi) is 5.48. The number of nitrogens with one attached hydrogen (secondary N) is 1. The van der Waals surface area contributed by atoms with E-state index in [2.05, 4.69) is 15.1 Å². The van der Waals surface area contributed by atoms with Gasteiger partial charge in [-0.3, -0.25) is 0 Å². The monoisotopic (exact) mass is 460 g/mol. The van der Waals surface area contributed by atoms with E-state index in [1.165, 1.54) is 4.68 Å². The van der Waals surface area contributed by atoms with Gasteiger partial charge in [-0.1, -0.05) is 48.0 Å². The Balaban J connectivity index is 1.35. The summed E-state index contributed by atoms with van der Waals surface area (Å²) in [5, 5.41) is 4.77. The highest BCUT2D eigenvalue weighted by atomic mass is 35.5. The van der Waals surface area contributed by atoms with Gasteiger partial charge >= 0.3 is 5.76 Å². The zero-order valence-corrected chi connectivity index (χ0v) is 18.8. The van der Waals surface area contributed by atoms with Crippen molar-refractivity contribution in [2.45, 2.75) is 26.5 Å². The predicted octanol–water partition coefficient (Wildman–Crippen LogP) is 5.54. The maximum Gasteiger partial charge on any atom is 0.437 e. The highest BCUT2D eigenvalue weighted by Gasteiger charge is 2.14. The predicted molar refractivity (Wildman–Crippen MR) is 128 cm³/mol. The van der Waals surface area contributed by atoms with Crippen LogP contribution >= 0.6 is 11.6 Å². The first-order chi connectivity index (χ1) is 16.0. The quantitative estimate of drug-likeness (QED) is 0.359. The van der Waals surface area contributed by atoms with Gasteiger partial charge in [0.1, 0.15) is 11.6 Å². The Morgan fingerprint density at radius 3 is 2.55 bits per heavy atom. The molecule has 7 nitrogen and oxygen atoms in total. The molecule has 0 spiro atoms. The third-order valence-electron chi connectivity index (χ3n) is 5.10. The van der Waals surface area contributed by atoms with Crippen molar-refractivity contribution >= 4 is 22.6 Å². The average Bonchev–Trinajstić information content (AvgIpc) is 3.39. The van der Waals surface area contributed by atoms with Crippen molar-refractivity contribution in [3.8, 4) is 28.6 Å². The number of aromatic nitrogens is 4. The third kappa shape index (κ3) is 4.40. The summed E-state index contributed by atoms with van der Waals surface area (Å²) >= 11 is 6.30. The molecule has 3 aromatic carbocycles. The van der Waals surface area contributed by atoms with Gasteiger partial charge in [-0.15, -0.1) is 5.10 Å². The fraction of sp³-hybridized carbons (Fsp3) is 0.160. The summed E-state index contributed by atoms with van der Waals surface area (Å²) in [6, 6.07) is 20.9. The van der Waals surface area contributed by atoms with Crippen LogP contribution in [0.15, 0.2) is 75.9 Å². The minimum atomic E-state index is -0.537. The number of rotatable bonds is 6. The van der Waals surface area contributed by atoms with Gasteiger partial charge < -0.3 is 14.1 Å². The summed E-state index contributed by atoms with van der Waals surface area (Å²) in [4.78, 5) is 20.3. The number of ether oxygens (including phenoxy) is 1. The zero-order chi connectivity index (χ0) is 22.9. The molecule has 2 aromatic heterocycles. The summed E-state index contributed by atoms with van der Waals surface area (Å²) in [6.07, 6.45) is 0.00345. The third-order valence-corrected chi connectivity index (χ3v) is 5.39. The fourth-order valence-corrected chi connectivity index (χ4v) is 3.76. The molecule has 0 saturated carbocycles. The molecule has 0 fully saturated rings. The van der Waals surface area contributed by atoms with E-state index in [9.17, 15) is 4.79 Å². The van der Waals surface area contributed by atoms with Crippen LogP contribution in [0.4, 0.5) is 0 Å². The van der Waals surface area contributed by atoms with Crippen molar-refractivity contribution in [2.75, 3.05) is 0 Å². The normalized spacial score (nSPS) is 11.4. The largest absolute Gasteiger partial charge is 0.489 e. The number of benzene rings is 3. The van der Waals surface area contributed by atoms with Crippen LogP contribution < -0.4 is 10.5 Å². The van der Waals surface area contributed by atoms with E-state index >= 15 is 0 Å². The van der Waals surface area contributed by atoms with E-state index in [0.29, 0.717) is 16.3 Å². The van der Waals surface area contributed by atoms with E-state index < -0.39 is 5.76 Å². The molecule has 0 amide bonds. The molecule has 5 rings (SSSR count). The van der Waals surface area contributed by atoms with Gasteiger partial charge in [-0.25, -0.2) is 9.78 Å². The number of imidazole rings is 1. The summed E-state index contributed by atoms with van der Waals surface area (Å²) in [5.41, 5.74) is 4.38. The number of aromatic amines is 1. The Hall–Kier alpha value is -3.84. The van der Waals surface area contributed by atoms with Crippen LogP contribution in [0.5, 0.6) is 5.75 Å². The van der Waals surface area contributed by atoms with E-state index in [0.717, 1.165) is 28.0 Å². The lowest BCUT2D eigenvalue weighted by atomic mass is 10.1. The minimum Gasteiger partial charge on any atom is -0.489 e. The van der Waals surface area contributed by atoms with Gasteiger partial charge in [0, 0.05) is 11.1 Å². The first kappa shape index (κ1) is 21.0. The summed E-state index contributed by atoms with van der Waals surface area (Å²) in [5.74, 6) is 1.04. The molecule has 0 aliphatic rings. The molecule has 0 aliphatic heterocycles. The minimum absolute atomic E-state index is 0.00345. The smallest absolute Gasteiger partial charge is 0.437 e. The van der Waals surface area contributed by atoms with Crippen LogP contribution in [0.3, 0.4) is 0 Å². The SMILES string of the molecule is CC(C)Oc1ccc(-c2nn(Cc3ccc(-c4nc5ccccc5[nH]4)cc3)c(=O)o2)cc1Cl. The highest BCUT2D eigenvalue weighted by Crippen LogP contribution is 2.30. The topological polar surface area (TPSA) is 85.9 Å². The first-order valence-corrected chi connectivity index (χ1v) is 10.9. The van der Waals surface area contributed by atoms with Crippen LogP contribution in [0, 0.1) is 0 Å². The molecule has 33 heavy (non-hydrogen) atoms. The van der Waals surface area contributed by atoms with Gasteiger partial charge in [-0.05, 0) is 49.7 Å². The number of halogens is 1. The second-order valence-electron chi connectivity index (χ2n) is 7.94. The molecule has 0 bridgehead atoms. The number of para-hydroxylation sites is 2. The molecule has 5 aromatic rings. The second kappa shape index (κ2) is 8.60. The van der Waals surface area contributed by atoms with Crippen LogP contribution in [0.1, 0.15) is 19.4 Å². The number of hydrogen-bond donors (Lipinski definition) is 1. The maximum atomic E-state index is 12.4. The van der Waals surface area contributed by atoms with Crippen molar-refractivity contribution < 1.29 is 9.15 Å². The molecule has 0 aliphatic carbocycles. The van der Waals surface area contributed by atoms with Crippen LogP contribution in [0.2, 0.25) is 5.02 Å². The summed E-state index contributed by atoms with van der Waals surface area (Å²) in [6.45, 7) is 4.13.